The van der Waals surface area contributed by atoms with Crippen LogP contribution in [0.5, 0.6) is 0 Å². The number of rotatable bonds is 7. The zero-order valence-corrected chi connectivity index (χ0v) is 12.5. The summed E-state index contributed by atoms with van der Waals surface area (Å²) in [6.07, 6.45) is 3.15. The molecule has 0 spiro atoms. The summed E-state index contributed by atoms with van der Waals surface area (Å²) in [7, 11) is 0.0000236. The largest absolute Gasteiger partial charge is 0.316 e. The number of hydrogen-bond acceptors (Lipinski definition) is 4. The molecule has 108 valence electrons. The third kappa shape index (κ3) is 5.19. The second kappa shape index (κ2) is 7.40. The van der Waals surface area contributed by atoms with Crippen LogP contribution in [0.2, 0.25) is 0 Å². The van der Waals surface area contributed by atoms with Crippen LogP contribution in [0.25, 0.3) is 0 Å². The van der Waals surface area contributed by atoms with Crippen LogP contribution >= 0.6 is 0 Å². The summed E-state index contributed by atoms with van der Waals surface area (Å²) in [4.78, 5) is 2.49. The Balaban J connectivity index is 2.47. The van der Waals surface area contributed by atoms with E-state index in [1.807, 2.05) is 0 Å². The molecule has 6 nitrogen and oxygen atoms in total. The molecule has 1 unspecified atom stereocenters. The average Bonchev–Trinajstić information content (AvgIpc) is 2.28. The minimum absolute atomic E-state index is 0.420. The molecule has 0 amide bonds. The Hall–Kier alpha value is -0.210. The first kappa shape index (κ1) is 15.8. The summed E-state index contributed by atoms with van der Waals surface area (Å²) < 4.78 is 25.6. The van der Waals surface area contributed by atoms with Crippen molar-refractivity contribution in [1.82, 2.24) is 19.5 Å². The van der Waals surface area contributed by atoms with Gasteiger partial charge >= 0.3 is 0 Å². The topological polar surface area (TPSA) is 64.7 Å². The van der Waals surface area contributed by atoms with Crippen LogP contribution in [0.15, 0.2) is 0 Å². The molecule has 0 aromatic heterocycles. The highest BCUT2D eigenvalue weighted by molar-refractivity contribution is 7.87. The Bertz CT molecular complexity index is 332. The molecule has 7 heteroatoms. The quantitative estimate of drug-likeness (QED) is 0.508. The molecule has 2 N–H and O–H groups in total. The molecule has 1 fully saturated rings. The number of nitrogens with one attached hydrogen (secondary N) is 2. The van der Waals surface area contributed by atoms with Gasteiger partial charge in [-0.05, 0) is 38.3 Å². The SMILES string of the molecule is CCCNCC1CCCN(S(=O)(=O)NN(C)C)C1. The minimum atomic E-state index is -3.36. The van der Waals surface area contributed by atoms with E-state index in [0.29, 0.717) is 19.0 Å². The maximum Gasteiger partial charge on any atom is 0.292 e. The van der Waals surface area contributed by atoms with Crippen molar-refractivity contribution in [3.05, 3.63) is 0 Å². The number of nitrogens with zero attached hydrogens (tertiary/aromatic N) is 2. The molecule has 0 aromatic carbocycles. The second-order valence-corrected chi connectivity index (χ2v) is 6.71. The Morgan fingerprint density at radius 2 is 2.11 bits per heavy atom. The van der Waals surface area contributed by atoms with Gasteiger partial charge in [-0.2, -0.15) is 12.7 Å². The maximum absolute atomic E-state index is 12.0. The van der Waals surface area contributed by atoms with E-state index in [4.69, 9.17) is 0 Å². The van der Waals surface area contributed by atoms with E-state index in [1.54, 1.807) is 18.4 Å². The van der Waals surface area contributed by atoms with Crippen molar-refractivity contribution >= 4 is 10.2 Å². The Kier molecular flexibility index (Phi) is 6.51. The number of hydrogen-bond donors (Lipinski definition) is 2. The molecule has 1 atom stereocenters. The Morgan fingerprint density at radius 1 is 1.39 bits per heavy atom. The van der Waals surface area contributed by atoms with E-state index in [0.717, 1.165) is 32.4 Å². The highest BCUT2D eigenvalue weighted by atomic mass is 32.2. The van der Waals surface area contributed by atoms with E-state index in [1.165, 1.54) is 5.01 Å². The normalized spacial score (nSPS) is 22.6. The van der Waals surface area contributed by atoms with Gasteiger partial charge in [-0.15, -0.1) is 4.83 Å². The second-order valence-electron chi connectivity index (χ2n) is 5.06. The molecule has 1 aliphatic rings. The lowest BCUT2D eigenvalue weighted by molar-refractivity contribution is 0.246. The summed E-state index contributed by atoms with van der Waals surface area (Å²) in [5.41, 5.74) is 0. The van der Waals surface area contributed by atoms with E-state index in [-0.39, 0.29) is 0 Å². The first-order chi connectivity index (χ1) is 8.45. The van der Waals surface area contributed by atoms with Gasteiger partial charge in [0.1, 0.15) is 0 Å². The Labute approximate surface area is 111 Å². The lowest BCUT2D eigenvalue weighted by atomic mass is 10.00. The summed E-state index contributed by atoms with van der Waals surface area (Å²) in [6, 6.07) is 0. The number of piperidine rings is 1. The van der Waals surface area contributed by atoms with Gasteiger partial charge in [-0.1, -0.05) is 6.92 Å². The predicted molar refractivity (Wildman–Crippen MR) is 73.2 cm³/mol. The molecule has 1 rings (SSSR count). The standard InChI is InChI=1S/C11H26N4O2S/c1-4-7-12-9-11-6-5-8-15(10-11)18(16,17)13-14(2)3/h11-13H,4-10H2,1-3H3. The first-order valence-electron chi connectivity index (χ1n) is 6.61. The predicted octanol–water partition coefficient (Wildman–Crippen LogP) is 0.00900. The van der Waals surface area contributed by atoms with Gasteiger partial charge in [0.2, 0.25) is 0 Å². The molecular weight excluding hydrogens is 252 g/mol. The van der Waals surface area contributed by atoms with Gasteiger partial charge < -0.3 is 5.32 Å². The van der Waals surface area contributed by atoms with Crippen LogP contribution in [0.1, 0.15) is 26.2 Å². The lowest BCUT2D eigenvalue weighted by Gasteiger charge is -2.32. The van der Waals surface area contributed by atoms with Crippen molar-refractivity contribution in [1.29, 1.82) is 0 Å². The fourth-order valence-corrected chi connectivity index (χ4v) is 3.54. The van der Waals surface area contributed by atoms with E-state index in [9.17, 15) is 8.42 Å². The van der Waals surface area contributed by atoms with Gasteiger partial charge in [-0.3, -0.25) is 0 Å². The summed E-state index contributed by atoms with van der Waals surface area (Å²) in [5.74, 6) is 0.420. The average molecular weight is 278 g/mol. The van der Waals surface area contributed by atoms with Gasteiger partial charge in [0.25, 0.3) is 10.2 Å². The highest BCUT2D eigenvalue weighted by Crippen LogP contribution is 2.17. The minimum Gasteiger partial charge on any atom is -0.316 e. The number of hydrazine groups is 1. The monoisotopic (exact) mass is 278 g/mol. The fraction of sp³-hybridized carbons (Fsp3) is 1.00. The van der Waals surface area contributed by atoms with Crippen molar-refractivity contribution in [3.63, 3.8) is 0 Å². The van der Waals surface area contributed by atoms with E-state index < -0.39 is 10.2 Å². The molecule has 1 heterocycles. The van der Waals surface area contributed by atoms with Crippen LogP contribution in [0.4, 0.5) is 0 Å². The van der Waals surface area contributed by atoms with Crippen LogP contribution in [-0.2, 0) is 10.2 Å². The highest BCUT2D eigenvalue weighted by Gasteiger charge is 2.28. The van der Waals surface area contributed by atoms with Crippen LogP contribution in [0, 0.1) is 5.92 Å². The molecule has 0 aliphatic carbocycles. The zero-order valence-electron chi connectivity index (χ0n) is 11.6. The van der Waals surface area contributed by atoms with E-state index in [2.05, 4.69) is 17.1 Å². The van der Waals surface area contributed by atoms with Gasteiger partial charge in [0, 0.05) is 27.2 Å². The summed E-state index contributed by atoms with van der Waals surface area (Å²) in [6.45, 7) is 5.26. The first-order valence-corrected chi connectivity index (χ1v) is 8.05. The Morgan fingerprint density at radius 3 is 2.72 bits per heavy atom. The van der Waals surface area contributed by atoms with Crippen molar-refractivity contribution < 1.29 is 8.42 Å². The van der Waals surface area contributed by atoms with Crippen LogP contribution in [0.3, 0.4) is 0 Å². The van der Waals surface area contributed by atoms with Crippen molar-refractivity contribution in [2.24, 2.45) is 5.92 Å². The molecule has 0 bridgehead atoms. The smallest absolute Gasteiger partial charge is 0.292 e. The third-order valence-corrected chi connectivity index (χ3v) is 4.59. The van der Waals surface area contributed by atoms with Crippen LogP contribution < -0.4 is 10.1 Å². The van der Waals surface area contributed by atoms with Gasteiger partial charge in [-0.25, -0.2) is 5.01 Å². The maximum atomic E-state index is 12.0. The molecule has 1 saturated heterocycles. The fourth-order valence-electron chi connectivity index (χ4n) is 2.18. The van der Waals surface area contributed by atoms with Crippen molar-refractivity contribution in [2.75, 3.05) is 40.3 Å². The lowest BCUT2D eigenvalue weighted by Crippen LogP contribution is -2.50. The molecule has 1 aliphatic heterocycles. The zero-order chi connectivity index (χ0) is 13.6. The molecule has 0 radical (unpaired) electrons. The molecular formula is C11H26N4O2S. The summed E-state index contributed by atoms with van der Waals surface area (Å²) >= 11 is 0. The third-order valence-electron chi connectivity index (χ3n) is 2.98. The molecule has 18 heavy (non-hydrogen) atoms. The molecule has 0 saturated carbocycles. The van der Waals surface area contributed by atoms with Crippen molar-refractivity contribution in [3.8, 4) is 0 Å². The van der Waals surface area contributed by atoms with E-state index >= 15 is 0 Å². The van der Waals surface area contributed by atoms with Gasteiger partial charge in [0.05, 0.1) is 0 Å². The summed E-state index contributed by atoms with van der Waals surface area (Å²) in [5, 5.41) is 4.83. The molecule has 0 aromatic rings. The van der Waals surface area contributed by atoms with Crippen molar-refractivity contribution in [2.45, 2.75) is 26.2 Å². The van der Waals surface area contributed by atoms with Gasteiger partial charge in [0.15, 0.2) is 0 Å². The van der Waals surface area contributed by atoms with Crippen LogP contribution in [-0.4, -0.2) is 58.0 Å².